The summed E-state index contributed by atoms with van der Waals surface area (Å²) in [7, 11) is 1.51. The molecule has 0 saturated heterocycles. The lowest BCUT2D eigenvalue weighted by Gasteiger charge is -2.05. The molecule has 1 aromatic heterocycles. The Morgan fingerprint density at radius 1 is 1.44 bits per heavy atom. The molecule has 0 atom stereocenters. The van der Waals surface area contributed by atoms with Crippen LogP contribution in [0.5, 0.6) is 0 Å². The van der Waals surface area contributed by atoms with Crippen LogP contribution >= 0.6 is 0 Å². The molecule has 1 heterocycles. The maximum atomic E-state index is 11.8. The van der Waals surface area contributed by atoms with Crippen LogP contribution in [0, 0.1) is 6.92 Å². The first-order valence-corrected chi connectivity index (χ1v) is 5.08. The number of tetrazole rings is 1. The highest BCUT2D eigenvalue weighted by Gasteiger charge is 2.11. The Morgan fingerprint density at radius 3 is 2.83 bits per heavy atom. The van der Waals surface area contributed by atoms with Gasteiger partial charge in [-0.3, -0.25) is 0 Å². The van der Waals surface area contributed by atoms with Gasteiger partial charge in [-0.15, -0.1) is 0 Å². The van der Waals surface area contributed by atoms with Crippen LogP contribution in [-0.2, 0) is 12.0 Å². The van der Waals surface area contributed by atoms with Gasteiger partial charge in [-0.05, 0) is 29.0 Å². The van der Waals surface area contributed by atoms with Crippen LogP contribution in [0.3, 0.4) is 0 Å². The highest BCUT2D eigenvalue weighted by Crippen LogP contribution is 2.14. The number of rotatable bonds is 3. The first-order chi connectivity index (χ1) is 8.65. The van der Waals surface area contributed by atoms with Crippen LogP contribution in [0.4, 0.5) is 0 Å². The highest BCUT2D eigenvalue weighted by atomic mass is 17.2. The molecule has 8 nitrogen and oxygen atoms in total. The number of hydrogen-bond donors (Lipinski definition) is 1. The van der Waals surface area contributed by atoms with E-state index >= 15 is 0 Å². The molecule has 1 aromatic carbocycles. The van der Waals surface area contributed by atoms with E-state index in [0.29, 0.717) is 11.3 Å². The number of benzene rings is 1. The second-order valence-corrected chi connectivity index (χ2v) is 3.62. The summed E-state index contributed by atoms with van der Waals surface area (Å²) in [6.45, 7) is 1.84. The monoisotopic (exact) mass is 249 g/mol. The van der Waals surface area contributed by atoms with Crippen molar-refractivity contribution in [3.05, 3.63) is 39.8 Å². The first kappa shape index (κ1) is 12.0. The predicted octanol–water partition coefficient (Wildman–Crippen LogP) is 0.0979. The zero-order valence-corrected chi connectivity index (χ0v) is 9.81. The van der Waals surface area contributed by atoms with Crippen molar-refractivity contribution in [2.45, 2.75) is 6.92 Å². The van der Waals surface area contributed by atoms with E-state index in [1.165, 1.54) is 13.3 Å². The fourth-order valence-corrected chi connectivity index (χ4v) is 1.56. The summed E-state index contributed by atoms with van der Waals surface area (Å²) in [6, 6.07) is 5.31. The zero-order valence-electron chi connectivity index (χ0n) is 9.81. The summed E-state index contributed by atoms with van der Waals surface area (Å²) in [5.41, 5.74) is 1.59. The quantitative estimate of drug-likeness (QED) is 0.473. The molecule has 2 rings (SSSR count). The summed E-state index contributed by atoms with van der Waals surface area (Å²) in [5.74, 6) is 0. The second-order valence-electron chi connectivity index (χ2n) is 3.62. The predicted molar refractivity (Wildman–Crippen MR) is 62.6 cm³/mol. The third-order valence-electron chi connectivity index (χ3n) is 2.48. The lowest BCUT2D eigenvalue weighted by molar-refractivity contribution is -0.242. The van der Waals surface area contributed by atoms with Crippen LogP contribution in [0.15, 0.2) is 28.1 Å². The molecule has 0 aliphatic carbocycles. The van der Waals surface area contributed by atoms with Gasteiger partial charge in [0, 0.05) is 12.6 Å². The molecule has 0 saturated carbocycles. The minimum absolute atomic E-state index is 0.375. The average molecular weight is 249 g/mol. The molecule has 2 aromatic rings. The van der Waals surface area contributed by atoms with Crippen molar-refractivity contribution >= 4 is 6.21 Å². The molecular formula is C10H11N5O3. The standard InChI is InChI=1S/C10H11N5O3/c1-7-4-3-5-9(8(7)6-11-18-17)15-10(16)14(2)12-13-15/h3-6,17H,1-2H3. The summed E-state index contributed by atoms with van der Waals surface area (Å²) in [5, 5.41) is 18.9. The second kappa shape index (κ2) is 4.80. The van der Waals surface area contributed by atoms with Gasteiger partial charge in [0.25, 0.3) is 0 Å². The summed E-state index contributed by atoms with van der Waals surface area (Å²) < 4.78 is 2.26. The topological polar surface area (TPSA) is 94.5 Å². The van der Waals surface area contributed by atoms with Crippen molar-refractivity contribution in [2.24, 2.45) is 12.2 Å². The molecule has 0 bridgehead atoms. The van der Waals surface area contributed by atoms with E-state index in [4.69, 9.17) is 5.26 Å². The van der Waals surface area contributed by atoms with E-state index in [2.05, 4.69) is 20.6 Å². The van der Waals surface area contributed by atoms with Gasteiger partial charge < -0.3 is 0 Å². The van der Waals surface area contributed by atoms with E-state index in [1.807, 2.05) is 13.0 Å². The number of oxime groups is 1. The molecule has 1 N–H and O–H groups in total. The molecule has 0 radical (unpaired) electrons. The average Bonchev–Trinajstić information content (AvgIpc) is 2.68. The summed E-state index contributed by atoms with van der Waals surface area (Å²) in [6.07, 6.45) is 1.30. The van der Waals surface area contributed by atoms with E-state index in [-0.39, 0.29) is 5.69 Å². The maximum absolute atomic E-state index is 11.8. The van der Waals surface area contributed by atoms with Gasteiger partial charge in [-0.25, -0.2) is 9.78 Å². The third-order valence-corrected chi connectivity index (χ3v) is 2.48. The minimum Gasteiger partial charge on any atom is -0.244 e. The van der Waals surface area contributed by atoms with Gasteiger partial charge in [0.2, 0.25) is 0 Å². The van der Waals surface area contributed by atoms with Crippen LogP contribution in [0.1, 0.15) is 11.1 Å². The van der Waals surface area contributed by atoms with Crippen molar-refractivity contribution in [3.63, 3.8) is 0 Å². The maximum Gasteiger partial charge on any atom is 0.368 e. The molecule has 0 unspecified atom stereocenters. The van der Waals surface area contributed by atoms with Gasteiger partial charge in [0.1, 0.15) is 0 Å². The molecule has 18 heavy (non-hydrogen) atoms. The lowest BCUT2D eigenvalue weighted by atomic mass is 10.1. The number of nitrogens with zero attached hydrogens (tertiary/aromatic N) is 5. The van der Waals surface area contributed by atoms with Crippen LogP contribution < -0.4 is 5.69 Å². The zero-order chi connectivity index (χ0) is 13.1. The molecular weight excluding hydrogens is 238 g/mol. The highest BCUT2D eigenvalue weighted by molar-refractivity contribution is 5.86. The largest absolute Gasteiger partial charge is 0.368 e. The Labute approximate surface area is 102 Å². The molecule has 8 heteroatoms. The molecule has 0 spiro atoms. The Balaban J connectivity index is 2.64. The normalized spacial score (nSPS) is 11.1. The minimum atomic E-state index is -0.375. The van der Waals surface area contributed by atoms with Crippen LogP contribution in [-0.4, -0.2) is 31.3 Å². The van der Waals surface area contributed by atoms with Crippen molar-refractivity contribution < 1.29 is 10.2 Å². The number of aryl methyl sites for hydroxylation is 2. The molecule has 0 aliphatic heterocycles. The van der Waals surface area contributed by atoms with Gasteiger partial charge in [0.05, 0.1) is 11.9 Å². The Kier molecular flexibility index (Phi) is 3.20. The molecule has 0 fully saturated rings. The van der Waals surface area contributed by atoms with Gasteiger partial charge in [0.15, 0.2) is 0 Å². The van der Waals surface area contributed by atoms with Gasteiger partial charge in [-0.2, -0.15) is 14.6 Å². The molecule has 94 valence electrons. The van der Waals surface area contributed by atoms with E-state index in [0.717, 1.165) is 14.9 Å². The van der Waals surface area contributed by atoms with Gasteiger partial charge in [-0.1, -0.05) is 17.3 Å². The Morgan fingerprint density at radius 2 is 2.22 bits per heavy atom. The van der Waals surface area contributed by atoms with E-state index < -0.39 is 0 Å². The van der Waals surface area contributed by atoms with E-state index in [1.54, 1.807) is 12.1 Å². The molecule has 0 amide bonds. The van der Waals surface area contributed by atoms with Crippen molar-refractivity contribution in [1.29, 1.82) is 0 Å². The SMILES string of the molecule is Cc1cccc(-n2nnn(C)c2=O)c1C=NOO. The van der Waals surface area contributed by atoms with Crippen LogP contribution in [0.2, 0.25) is 0 Å². The fraction of sp³-hybridized carbons (Fsp3) is 0.200. The smallest absolute Gasteiger partial charge is 0.244 e. The van der Waals surface area contributed by atoms with Crippen molar-refractivity contribution in [1.82, 2.24) is 19.8 Å². The Bertz CT molecular complexity index is 643. The Hall–Kier alpha value is -2.48. The summed E-state index contributed by atoms with van der Waals surface area (Å²) >= 11 is 0. The number of aromatic nitrogens is 4. The number of hydrogen-bond acceptors (Lipinski definition) is 6. The van der Waals surface area contributed by atoms with Crippen molar-refractivity contribution in [2.75, 3.05) is 0 Å². The lowest BCUT2D eigenvalue weighted by Crippen LogP contribution is -2.23. The van der Waals surface area contributed by atoms with Crippen molar-refractivity contribution in [3.8, 4) is 5.69 Å². The van der Waals surface area contributed by atoms with E-state index in [9.17, 15) is 4.79 Å². The van der Waals surface area contributed by atoms with Crippen LogP contribution in [0.25, 0.3) is 5.69 Å². The van der Waals surface area contributed by atoms with Gasteiger partial charge >= 0.3 is 5.69 Å². The molecule has 0 aliphatic rings. The fourth-order valence-electron chi connectivity index (χ4n) is 1.56. The third kappa shape index (κ3) is 2.00. The first-order valence-electron chi connectivity index (χ1n) is 5.08. The summed E-state index contributed by atoms with van der Waals surface area (Å²) in [4.78, 5) is 15.5.